The van der Waals surface area contributed by atoms with Gasteiger partial charge in [0.2, 0.25) is 0 Å². The van der Waals surface area contributed by atoms with E-state index in [2.05, 4.69) is 74.4 Å². The van der Waals surface area contributed by atoms with Crippen molar-refractivity contribution in [1.82, 2.24) is 4.98 Å². The molecule has 1 aliphatic rings. The Morgan fingerprint density at radius 2 is 1.71 bits per heavy atom. The van der Waals surface area contributed by atoms with Crippen LogP contribution in [0.4, 0.5) is 0 Å². The predicted octanol–water partition coefficient (Wildman–Crippen LogP) is 6.85. The monoisotopic (exact) mass is 385 g/mol. The van der Waals surface area contributed by atoms with Gasteiger partial charge < -0.3 is 4.42 Å². The zero-order valence-corrected chi connectivity index (χ0v) is 18.0. The maximum atomic E-state index is 6.39. The highest BCUT2D eigenvalue weighted by atomic mass is 28.3. The molecule has 1 aliphatic carbocycles. The number of hydrogen-bond acceptors (Lipinski definition) is 2. The fourth-order valence-corrected chi connectivity index (χ4v) is 6.34. The zero-order valence-electron chi connectivity index (χ0n) is 17.0. The molecule has 142 valence electrons. The summed E-state index contributed by atoms with van der Waals surface area (Å²) in [7, 11) is -1.47. The number of rotatable bonds is 3. The lowest BCUT2D eigenvalue weighted by Crippen LogP contribution is -2.37. The maximum Gasteiger partial charge on any atom is 0.144 e. The lowest BCUT2D eigenvalue weighted by atomic mass is 9.98. The highest BCUT2D eigenvalue weighted by Crippen LogP contribution is 2.37. The molecule has 4 aromatic rings. The molecule has 2 heterocycles. The van der Waals surface area contributed by atoms with Gasteiger partial charge in [-0.25, -0.2) is 0 Å². The van der Waals surface area contributed by atoms with Gasteiger partial charge in [-0.05, 0) is 47.7 Å². The minimum atomic E-state index is -1.47. The molecule has 0 aliphatic heterocycles. The van der Waals surface area contributed by atoms with Crippen LogP contribution in [0.5, 0.6) is 0 Å². The van der Waals surface area contributed by atoms with E-state index in [1.165, 1.54) is 47.2 Å². The first-order valence-corrected chi connectivity index (χ1v) is 13.9. The van der Waals surface area contributed by atoms with Gasteiger partial charge in [-0.2, -0.15) is 0 Å². The SMILES string of the molecule is C[Si](C)(C)c1cccc2oc3c(-c4ccc(C5CCCC5)cn4)cccc3c12. The third-order valence-corrected chi connectivity index (χ3v) is 8.25. The number of aromatic nitrogens is 1. The molecule has 5 rings (SSSR count). The lowest BCUT2D eigenvalue weighted by Gasteiger charge is -2.17. The molecule has 1 saturated carbocycles. The van der Waals surface area contributed by atoms with Crippen molar-refractivity contribution in [3.05, 3.63) is 60.3 Å². The van der Waals surface area contributed by atoms with Crippen molar-refractivity contribution < 1.29 is 4.42 Å². The molecule has 2 aromatic carbocycles. The Morgan fingerprint density at radius 3 is 2.43 bits per heavy atom. The van der Waals surface area contributed by atoms with Crippen LogP contribution in [-0.4, -0.2) is 13.1 Å². The van der Waals surface area contributed by atoms with Gasteiger partial charge in [0.25, 0.3) is 0 Å². The molecule has 0 spiro atoms. The molecule has 0 radical (unpaired) electrons. The van der Waals surface area contributed by atoms with Crippen LogP contribution in [0.15, 0.2) is 59.1 Å². The van der Waals surface area contributed by atoms with Crippen molar-refractivity contribution in [3.8, 4) is 11.3 Å². The fourth-order valence-electron chi connectivity index (χ4n) is 4.74. The molecular weight excluding hydrogens is 358 g/mol. The van der Waals surface area contributed by atoms with Gasteiger partial charge in [-0.15, -0.1) is 0 Å². The van der Waals surface area contributed by atoms with Crippen molar-refractivity contribution in [2.75, 3.05) is 0 Å². The largest absolute Gasteiger partial charge is 0.455 e. The Hall–Kier alpha value is -2.39. The van der Waals surface area contributed by atoms with Crippen LogP contribution < -0.4 is 5.19 Å². The van der Waals surface area contributed by atoms with Crippen LogP contribution in [0, 0.1) is 0 Å². The Balaban J connectivity index is 1.66. The molecule has 0 atom stereocenters. The van der Waals surface area contributed by atoms with Gasteiger partial charge in [0.05, 0.1) is 13.8 Å². The number of furan rings is 1. The van der Waals surface area contributed by atoms with Crippen LogP contribution >= 0.6 is 0 Å². The Morgan fingerprint density at radius 1 is 0.929 bits per heavy atom. The predicted molar refractivity (Wildman–Crippen MR) is 121 cm³/mol. The smallest absolute Gasteiger partial charge is 0.144 e. The molecule has 3 heteroatoms. The molecule has 2 nitrogen and oxygen atoms in total. The Labute approximate surface area is 167 Å². The second-order valence-electron chi connectivity index (χ2n) is 9.17. The van der Waals surface area contributed by atoms with E-state index < -0.39 is 8.07 Å². The highest BCUT2D eigenvalue weighted by molar-refractivity contribution is 6.90. The first-order valence-electron chi connectivity index (χ1n) is 10.4. The number of nitrogens with zero attached hydrogens (tertiary/aromatic N) is 1. The van der Waals surface area contributed by atoms with Gasteiger partial charge >= 0.3 is 0 Å². The average Bonchev–Trinajstić information content (AvgIpc) is 3.35. The first kappa shape index (κ1) is 17.7. The van der Waals surface area contributed by atoms with Crippen molar-refractivity contribution in [2.24, 2.45) is 0 Å². The van der Waals surface area contributed by atoms with E-state index in [0.29, 0.717) is 5.92 Å². The summed E-state index contributed by atoms with van der Waals surface area (Å²) in [6.07, 6.45) is 7.40. The van der Waals surface area contributed by atoms with Gasteiger partial charge in [0.1, 0.15) is 11.2 Å². The summed E-state index contributed by atoms with van der Waals surface area (Å²) in [5.74, 6) is 0.697. The number of hydrogen-bond donors (Lipinski definition) is 0. The van der Waals surface area contributed by atoms with Crippen molar-refractivity contribution >= 4 is 35.2 Å². The summed E-state index contributed by atoms with van der Waals surface area (Å²) in [5.41, 5.74) is 5.43. The molecule has 0 N–H and O–H groups in total. The van der Waals surface area contributed by atoms with Crippen LogP contribution in [0.3, 0.4) is 0 Å². The molecule has 0 saturated heterocycles. The summed E-state index contributed by atoms with van der Waals surface area (Å²) in [6, 6.07) is 17.4. The summed E-state index contributed by atoms with van der Waals surface area (Å²) in [5, 5.41) is 3.97. The lowest BCUT2D eigenvalue weighted by molar-refractivity contribution is 0.670. The number of benzene rings is 2. The van der Waals surface area contributed by atoms with Gasteiger partial charge in [-0.3, -0.25) is 4.98 Å². The van der Waals surface area contributed by atoms with E-state index in [4.69, 9.17) is 9.40 Å². The minimum Gasteiger partial charge on any atom is -0.455 e. The third-order valence-electron chi connectivity index (χ3n) is 6.22. The van der Waals surface area contributed by atoms with Crippen LogP contribution in [0.1, 0.15) is 37.2 Å². The van der Waals surface area contributed by atoms with E-state index in [1.54, 1.807) is 0 Å². The molecular formula is C25H27NOSi. The van der Waals surface area contributed by atoms with Gasteiger partial charge in [0.15, 0.2) is 0 Å². The van der Waals surface area contributed by atoms with Crippen LogP contribution in [0.25, 0.3) is 33.2 Å². The summed E-state index contributed by atoms with van der Waals surface area (Å²) in [4.78, 5) is 4.83. The zero-order chi connectivity index (χ0) is 19.3. The summed E-state index contributed by atoms with van der Waals surface area (Å²) in [6.45, 7) is 7.19. The maximum absolute atomic E-state index is 6.39. The van der Waals surface area contributed by atoms with E-state index in [0.717, 1.165) is 22.4 Å². The molecule has 2 aromatic heterocycles. The van der Waals surface area contributed by atoms with Gasteiger partial charge in [-0.1, -0.05) is 62.8 Å². The quantitative estimate of drug-likeness (QED) is 0.360. The highest BCUT2D eigenvalue weighted by Gasteiger charge is 2.23. The van der Waals surface area contributed by atoms with Crippen molar-refractivity contribution in [1.29, 1.82) is 0 Å². The van der Waals surface area contributed by atoms with E-state index in [1.807, 2.05) is 0 Å². The molecule has 1 fully saturated rings. The van der Waals surface area contributed by atoms with E-state index in [-0.39, 0.29) is 0 Å². The second kappa shape index (κ2) is 6.59. The first-order chi connectivity index (χ1) is 13.5. The topological polar surface area (TPSA) is 26.0 Å². The molecule has 28 heavy (non-hydrogen) atoms. The minimum absolute atomic E-state index is 0.697. The normalized spacial score (nSPS) is 15.7. The standard InChI is InChI=1S/C25H27NOSi/c1-28(2,3)23-13-7-12-22-24(23)20-11-6-10-19(25(20)27-22)21-15-14-18(16-26-21)17-8-4-5-9-17/h6-7,10-17H,4-5,8-9H2,1-3H3. The second-order valence-corrected chi connectivity index (χ2v) is 14.2. The molecule has 0 bridgehead atoms. The van der Waals surface area contributed by atoms with E-state index in [9.17, 15) is 0 Å². The number of fused-ring (bicyclic) bond motifs is 3. The van der Waals surface area contributed by atoms with Crippen LogP contribution in [-0.2, 0) is 0 Å². The van der Waals surface area contributed by atoms with E-state index >= 15 is 0 Å². The summed E-state index contributed by atoms with van der Waals surface area (Å²) < 4.78 is 6.39. The Kier molecular flexibility index (Phi) is 4.16. The van der Waals surface area contributed by atoms with Crippen molar-refractivity contribution in [3.63, 3.8) is 0 Å². The van der Waals surface area contributed by atoms with Crippen LogP contribution in [0.2, 0.25) is 19.6 Å². The third kappa shape index (κ3) is 2.89. The van der Waals surface area contributed by atoms with Crippen molar-refractivity contribution in [2.45, 2.75) is 51.2 Å². The number of pyridine rings is 1. The summed E-state index contributed by atoms with van der Waals surface area (Å²) >= 11 is 0. The number of para-hydroxylation sites is 1. The molecule has 0 amide bonds. The Bertz CT molecular complexity index is 1150. The van der Waals surface area contributed by atoms with Gasteiger partial charge in [0, 0.05) is 22.5 Å². The molecule has 0 unspecified atom stereocenters. The average molecular weight is 386 g/mol. The fraction of sp³-hybridized carbons (Fsp3) is 0.320.